The molecule has 0 radical (unpaired) electrons. The number of allylic oxidation sites excluding steroid dienone is 20. The van der Waals surface area contributed by atoms with Crippen molar-refractivity contribution >= 4 is 23.9 Å². The first-order chi connectivity index (χ1) is 40.6. The van der Waals surface area contributed by atoms with Crippen LogP contribution in [0.25, 0.3) is 0 Å². The van der Waals surface area contributed by atoms with Gasteiger partial charge >= 0.3 is 23.9 Å². The summed E-state index contributed by atoms with van der Waals surface area (Å²) in [7, 11) is 0. The van der Waals surface area contributed by atoms with E-state index >= 15 is 0 Å². The van der Waals surface area contributed by atoms with Crippen LogP contribution in [-0.2, 0) is 42.9 Å². The van der Waals surface area contributed by atoms with Crippen molar-refractivity contribution < 1.29 is 58.2 Å². The molecule has 12 nitrogen and oxygen atoms in total. The van der Waals surface area contributed by atoms with Gasteiger partial charge < -0.3 is 39.0 Å². The van der Waals surface area contributed by atoms with Gasteiger partial charge in [0, 0.05) is 19.3 Å². The summed E-state index contributed by atoms with van der Waals surface area (Å²) >= 11 is 0. The van der Waals surface area contributed by atoms with Gasteiger partial charge in [0.15, 0.2) is 24.6 Å². The molecule has 0 aliphatic carbocycles. The monoisotopic (exact) mass is 1160 g/mol. The third kappa shape index (κ3) is 47.1. The maximum Gasteiger partial charge on any atom is 0.335 e. The highest BCUT2D eigenvalue weighted by Gasteiger charge is 2.50. The van der Waals surface area contributed by atoms with E-state index in [2.05, 4.69) is 118 Å². The second-order valence-electron chi connectivity index (χ2n) is 21.6. The van der Waals surface area contributed by atoms with E-state index in [-0.39, 0.29) is 25.9 Å². The maximum absolute atomic E-state index is 13.2. The van der Waals surface area contributed by atoms with Gasteiger partial charge in [0.2, 0.25) is 0 Å². The molecule has 3 N–H and O–H groups in total. The van der Waals surface area contributed by atoms with Crippen LogP contribution >= 0.6 is 0 Å². The zero-order valence-corrected chi connectivity index (χ0v) is 51.9. The molecule has 1 aliphatic heterocycles. The molecule has 0 aromatic carbocycles. The molecule has 83 heavy (non-hydrogen) atoms. The van der Waals surface area contributed by atoms with Crippen LogP contribution in [-0.4, -0.2) is 89.2 Å². The van der Waals surface area contributed by atoms with Crippen molar-refractivity contribution in [1.82, 2.24) is 0 Å². The second-order valence-corrected chi connectivity index (χ2v) is 21.6. The number of carbonyl (C=O) groups excluding carboxylic acids is 3. The number of aliphatic hydroxyl groups is 2. The Morgan fingerprint density at radius 3 is 1.14 bits per heavy atom. The Labute approximate surface area is 503 Å². The van der Waals surface area contributed by atoms with Gasteiger partial charge in [0.05, 0.1) is 6.61 Å². The molecule has 1 heterocycles. The molecule has 470 valence electrons. The van der Waals surface area contributed by atoms with Gasteiger partial charge in [-0.1, -0.05) is 258 Å². The van der Waals surface area contributed by atoms with Crippen LogP contribution in [0.2, 0.25) is 0 Å². The molecule has 0 bridgehead atoms. The predicted octanol–water partition coefficient (Wildman–Crippen LogP) is 17.6. The van der Waals surface area contributed by atoms with Crippen molar-refractivity contribution in [2.45, 2.75) is 289 Å². The normalized spacial score (nSPS) is 18.4. The Kier molecular flexibility index (Phi) is 52.8. The van der Waals surface area contributed by atoms with Gasteiger partial charge in [0.25, 0.3) is 0 Å². The van der Waals surface area contributed by atoms with Gasteiger partial charge in [-0.2, -0.15) is 0 Å². The topological polar surface area (TPSA) is 175 Å². The molecule has 12 heteroatoms. The van der Waals surface area contributed by atoms with Crippen molar-refractivity contribution in [3.63, 3.8) is 0 Å². The molecule has 0 spiro atoms. The number of hydrogen-bond donors (Lipinski definition) is 3. The largest absolute Gasteiger partial charge is 0.479 e. The minimum absolute atomic E-state index is 0.0297. The molecular formula is C71H114O12. The number of unbranched alkanes of at least 4 members (excludes halogenated alkanes) is 20. The standard InChI is InChI=1S/C71H114O12/c1-4-7-10-13-16-19-22-25-28-31-32-35-36-39-42-45-48-51-54-57-63(72)79-60-62(81-64(73)58-55-52-49-46-43-40-37-33-29-26-23-20-17-14-11-8-5-2)61-80-71-69(67(76)66(75)68(83-71)70(77)78)82-65(74)59-56-53-50-47-44-41-38-34-30-27-24-21-18-15-12-9-6-3/h8-9,11-12,17-18,20-21,26-27,29-30,37-38,40-41,46-47,49-50,62,66-69,71,75-76H,4-7,10,13-16,19,22-25,28,31-36,39,42-45,48,51-61H2,1-3H3,(H,77,78)/b11-8-,12-9-,20-17-,21-18-,29-26-,30-27-,40-37-,41-38-,49-46-,50-47-. The number of aliphatic hydroxyl groups excluding tert-OH is 2. The Balaban J connectivity index is 2.73. The smallest absolute Gasteiger partial charge is 0.335 e. The number of carboxylic acid groups (broad SMARTS) is 1. The highest BCUT2D eigenvalue weighted by atomic mass is 16.7. The lowest BCUT2D eigenvalue weighted by molar-refractivity contribution is -0.301. The molecule has 1 rings (SSSR count). The molecule has 0 saturated carbocycles. The Morgan fingerprint density at radius 1 is 0.410 bits per heavy atom. The SMILES string of the molecule is CC/C=C\C/C=C\C/C=C\C/C=C\C/C=C\CCCC(=O)OC(COC(=O)CCCCCCCCCCCCCCCCCCCCC)COC1OC(C(=O)O)C(O)C(O)C1OC(=O)CCC/C=C\C/C=C\C/C=C\C/C=C\C/C=C\CC. The number of hydrogen-bond acceptors (Lipinski definition) is 11. The molecule has 1 aliphatic rings. The number of carbonyl (C=O) groups is 4. The van der Waals surface area contributed by atoms with Crippen LogP contribution < -0.4 is 0 Å². The summed E-state index contributed by atoms with van der Waals surface area (Å²) in [4.78, 5) is 51.3. The maximum atomic E-state index is 13.2. The Morgan fingerprint density at radius 2 is 0.759 bits per heavy atom. The van der Waals surface area contributed by atoms with Crippen LogP contribution in [0.1, 0.15) is 252 Å². The molecule has 1 saturated heterocycles. The van der Waals surface area contributed by atoms with Gasteiger partial charge in [-0.25, -0.2) is 4.79 Å². The van der Waals surface area contributed by atoms with E-state index in [0.717, 1.165) is 83.5 Å². The van der Waals surface area contributed by atoms with E-state index in [0.29, 0.717) is 32.1 Å². The van der Waals surface area contributed by atoms with Crippen LogP contribution in [0.15, 0.2) is 122 Å². The van der Waals surface area contributed by atoms with Crippen molar-refractivity contribution in [3.8, 4) is 0 Å². The number of carboxylic acids is 1. The third-order valence-electron chi connectivity index (χ3n) is 14.0. The summed E-state index contributed by atoms with van der Waals surface area (Å²) in [5, 5.41) is 31.6. The van der Waals surface area contributed by atoms with E-state index in [1.165, 1.54) is 96.3 Å². The zero-order chi connectivity index (χ0) is 60.3. The van der Waals surface area contributed by atoms with Crippen molar-refractivity contribution in [1.29, 1.82) is 0 Å². The van der Waals surface area contributed by atoms with Crippen molar-refractivity contribution in [3.05, 3.63) is 122 Å². The van der Waals surface area contributed by atoms with Crippen molar-refractivity contribution in [2.75, 3.05) is 13.2 Å². The predicted molar refractivity (Wildman–Crippen MR) is 340 cm³/mol. The first-order valence-corrected chi connectivity index (χ1v) is 32.5. The van der Waals surface area contributed by atoms with Crippen LogP contribution in [0.3, 0.4) is 0 Å². The molecule has 6 atom stereocenters. The lowest BCUT2D eigenvalue weighted by Crippen LogP contribution is -2.61. The average Bonchev–Trinajstić information content (AvgIpc) is 3.59. The van der Waals surface area contributed by atoms with E-state index in [9.17, 15) is 34.5 Å². The fraction of sp³-hybridized carbons (Fsp3) is 0.662. The van der Waals surface area contributed by atoms with Crippen molar-refractivity contribution in [2.24, 2.45) is 0 Å². The van der Waals surface area contributed by atoms with Crippen LogP contribution in [0.4, 0.5) is 0 Å². The lowest BCUT2D eigenvalue weighted by atomic mass is 9.98. The summed E-state index contributed by atoms with van der Waals surface area (Å²) in [5.41, 5.74) is 0. The summed E-state index contributed by atoms with van der Waals surface area (Å²) < 4.78 is 28.4. The van der Waals surface area contributed by atoms with E-state index in [1.54, 1.807) is 0 Å². The first kappa shape index (κ1) is 76.1. The summed E-state index contributed by atoms with van der Waals surface area (Å²) in [6.07, 6.45) is 67.5. The Hall–Kier alpha value is -4.88. The number of esters is 3. The summed E-state index contributed by atoms with van der Waals surface area (Å²) in [6.45, 7) is 5.72. The zero-order valence-electron chi connectivity index (χ0n) is 51.9. The average molecular weight is 1160 g/mol. The second kappa shape index (κ2) is 57.5. The van der Waals surface area contributed by atoms with Gasteiger partial charge in [-0.15, -0.1) is 0 Å². The first-order valence-electron chi connectivity index (χ1n) is 32.5. The van der Waals surface area contributed by atoms with Gasteiger partial charge in [-0.05, 0) is 96.3 Å². The van der Waals surface area contributed by atoms with E-state index < -0.39 is 67.3 Å². The molecule has 0 amide bonds. The van der Waals surface area contributed by atoms with Crippen LogP contribution in [0.5, 0.6) is 0 Å². The van der Waals surface area contributed by atoms with E-state index in [4.69, 9.17) is 23.7 Å². The quantitative estimate of drug-likeness (QED) is 0.0228. The van der Waals surface area contributed by atoms with Crippen LogP contribution in [0, 0.1) is 0 Å². The van der Waals surface area contributed by atoms with E-state index in [1.807, 2.05) is 24.3 Å². The highest BCUT2D eigenvalue weighted by molar-refractivity contribution is 5.74. The fourth-order valence-corrected chi connectivity index (χ4v) is 9.15. The third-order valence-corrected chi connectivity index (χ3v) is 14.0. The molecule has 1 fully saturated rings. The lowest BCUT2D eigenvalue weighted by Gasteiger charge is -2.40. The van der Waals surface area contributed by atoms with Gasteiger partial charge in [0.1, 0.15) is 18.8 Å². The minimum atomic E-state index is -1.94. The molecule has 0 aromatic rings. The summed E-state index contributed by atoms with van der Waals surface area (Å²) in [6, 6.07) is 0. The number of rotatable bonds is 54. The molecular weight excluding hydrogens is 1040 g/mol. The number of ether oxygens (including phenoxy) is 5. The summed E-state index contributed by atoms with van der Waals surface area (Å²) in [5.74, 6) is -3.28. The molecule has 0 aromatic heterocycles. The molecule has 6 unspecified atom stereocenters. The number of aliphatic carboxylic acids is 1. The Bertz CT molecular complexity index is 1900. The highest BCUT2D eigenvalue weighted by Crippen LogP contribution is 2.26. The fourth-order valence-electron chi connectivity index (χ4n) is 9.15. The van der Waals surface area contributed by atoms with Gasteiger partial charge in [-0.3, -0.25) is 14.4 Å². The minimum Gasteiger partial charge on any atom is -0.479 e.